The summed E-state index contributed by atoms with van der Waals surface area (Å²) in [4.78, 5) is 12.2. The van der Waals surface area contributed by atoms with E-state index in [1.54, 1.807) is 25.3 Å². The Morgan fingerprint density at radius 2 is 2.00 bits per heavy atom. The lowest BCUT2D eigenvalue weighted by Crippen LogP contribution is -2.40. The van der Waals surface area contributed by atoms with E-state index in [4.69, 9.17) is 16.2 Å². The second-order valence-corrected chi connectivity index (χ2v) is 5.04. The van der Waals surface area contributed by atoms with Crippen LogP contribution in [0.4, 0.5) is 5.69 Å². The molecule has 0 radical (unpaired) electrons. The summed E-state index contributed by atoms with van der Waals surface area (Å²) in [6.45, 7) is 0. The minimum atomic E-state index is -0.124. The van der Waals surface area contributed by atoms with Gasteiger partial charge >= 0.3 is 0 Å². The summed E-state index contributed by atoms with van der Waals surface area (Å²) in [5, 5.41) is 3.02. The Hall–Kier alpha value is -1.75. The molecular weight excluding hydrogens is 242 g/mol. The molecule has 1 aromatic carbocycles. The zero-order valence-electron chi connectivity index (χ0n) is 11.2. The summed E-state index contributed by atoms with van der Waals surface area (Å²) >= 11 is 0. The van der Waals surface area contributed by atoms with Gasteiger partial charge in [-0.3, -0.25) is 4.79 Å². The normalized spacial score (nSPS) is 22.8. The molecule has 1 aromatic rings. The first-order valence-corrected chi connectivity index (χ1v) is 6.60. The van der Waals surface area contributed by atoms with Crippen LogP contribution in [0.15, 0.2) is 18.2 Å². The SMILES string of the molecule is COc1ccc(C(=O)NC2CCC(N)CC2)c(N)c1. The van der Waals surface area contributed by atoms with E-state index in [0.29, 0.717) is 17.0 Å². The molecule has 0 bridgehead atoms. The molecule has 0 aromatic heterocycles. The summed E-state index contributed by atoms with van der Waals surface area (Å²) in [6.07, 6.45) is 3.79. The Bertz CT molecular complexity index is 454. The molecule has 19 heavy (non-hydrogen) atoms. The van der Waals surface area contributed by atoms with Gasteiger partial charge in [-0.2, -0.15) is 0 Å². The van der Waals surface area contributed by atoms with E-state index < -0.39 is 0 Å². The first-order valence-electron chi connectivity index (χ1n) is 6.60. The van der Waals surface area contributed by atoms with Crippen molar-refractivity contribution >= 4 is 11.6 Å². The molecule has 1 saturated carbocycles. The van der Waals surface area contributed by atoms with Gasteiger partial charge in [0.25, 0.3) is 5.91 Å². The van der Waals surface area contributed by atoms with Crippen LogP contribution in [0.1, 0.15) is 36.0 Å². The lowest BCUT2D eigenvalue weighted by atomic mass is 9.91. The quantitative estimate of drug-likeness (QED) is 0.716. The molecule has 0 atom stereocenters. The van der Waals surface area contributed by atoms with Gasteiger partial charge in [0.15, 0.2) is 0 Å². The summed E-state index contributed by atoms with van der Waals surface area (Å²) in [6, 6.07) is 5.57. The highest BCUT2D eigenvalue weighted by atomic mass is 16.5. The predicted molar refractivity (Wildman–Crippen MR) is 75.1 cm³/mol. The summed E-state index contributed by atoms with van der Waals surface area (Å²) in [5.41, 5.74) is 12.6. The Labute approximate surface area is 113 Å². The van der Waals surface area contributed by atoms with E-state index in [1.807, 2.05) is 0 Å². The Kier molecular flexibility index (Phi) is 4.27. The van der Waals surface area contributed by atoms with Gasteiger partial charge in [-0.25, -0.2) is 0 Å². The van der Waals surface area contributed by atoms with Gasteiger partial charge in [0.2, 0.25) is 0 Å². The van der Waals surface area contributed by atoms with Crippen LogP contribution in [-0.2, 0) is 0 Å². The zero-order chi connectivity index (χ0) is 13.8. The monoisotopic (exact) mass is 263 g/mol. The van der Waals surface area contributed by atoms with Crippen LogP contribution in [0.25, 0.3) is 0 Å². The summed E-state index contributed by atoms with van der Waals surface area (Å²) < 4.78 is 5.07. The van der Waals surface area contributed by atoms with Gasteiger partial charge in [0, 0.05) is 23.8 Å². The first kappa shape index (κ1) is 13.7. The first-order chi connectivity index (χ1) is 9.10. The van der Waals surface area contributed by atoms with Crippen molar-refractivity contribution in [2.75, 3.05) is 12.8 Å². The second-order valence-electron chi connectivity index (χ2n) is 5.04. The van der Waals surface area contributed by atoms with Gasteiger partial charge in [-0.15, -0.1) is 0 Å². The average molecular weight is 263 g/mol. The van der Waals surface area contributed by atoms with Crippen molar-refractivity contribution in [3.8, 4) is 5.75 Å². The smallest absolute Gasteiger partial charge is 0.253 e. The highest BCUT2D eigenvalue weighted by molar-refractivity contribution is 5.99. The maximum absolute atomic E-state index is 12.2. The number of carbonyl (C=O) groups excluding carboxylic acids is 1. The van der Waals surface area contributed by atoms with Gasteiger partial charge in [-0.05, 0) is 37.8 Å². The molecule has 104 valence electrons. The molecule has 2 rings (SSSR count). The average Bonchev–Trinajstić information content (AvgIpc) is 2.41. The molecule has 0 aliphatic heterocycles. The molecule has 1 aliphatic carbocycles. The molecule has 0 unspecified atom stereocenters. The van der Waals surface area contributed by atoms with Crippen LogP contribution in [0.2, 0.25) is 0 Å². The fourth-order valence-electron chi connectivity index (χ4n) is 2.40. The molecule has 0 saturated heterocycles. The molecule has 1 amide bonds. The van der Waals surface area contributed by atoms with Crippen molar-refractivity contribution in [2.24, 2.45) is 5.73 Å². The fourth-order valence-corrected chi connectivity index (χ4v) is 2.40. The van der Waals surface area contributed by atoms with E-state index in [9.17, 15) is 4.79 Å². The van der Waals surface area contributed by atoms with Crippen LogP contribution in [0.5, 0.6) is 5.75 Å². The topological polar surface area (TPSA) is 90.4 Å². The Balaban J connectivity index is 2.00. The van der Waals surface area contributed by atoms with E-state index in [0.717, 1.165) is 25.7 Å². The second kappa shape index (κ2) is 5.93. The van der Waals surface area contributed by atoms with Crippen LogP contribution in [0, 0.1) is 0 Å². The number of rotatable bonds is 3. The van der Waals surface area contributed by atoms with Crippen molar-refractivity contribution < 1.29 is 9.53 Å². The summed E-state index contributed by atoms with van der Waals surface area (Å²) in [5.74, 6) is 0.526. The molecule has 5 nitrogen and oxygen atoms in total. The molecule has 0 spiro atoms. The Morgan fingerprint density at radius 1 is 1.32 bits per heavy atom. The van der Waals surface area contributed by atoms with Crippen molar-refractivity contribution in [1.29, 1.82) is 0 Å². The summed E-state index contributed by atoms with van der Waals surface area (Å²) in [7, 11) is 1.57. The number of nitrogen functional groups attached to an aromatic ring is 1. The van der Waals surface area contributed by atoms with Crippen molar-refractivity contribution in [3.05, 3.63) is 23.8 Å². The van der Waals surface area contributed by atoms with E-state index in [1.165, 1.54) is 0 Å². The lowest BCUT2D eigenvalue weighted by Gasteiger charge is -2.27. The minimum absolute atomic E-state index is 0.124. The van der Waals surface area contributed by atoms with Gasteiger partial charge in [0.05, 0.1) is 12.7 Å². The molecule has 1 aliphatic rings. The predicted octanol–water partition coefficient (Wildman–Crippen LogP) is 1.28. The third kappa shape index (κ3) is 3.38. The number of benzene rings is 1. The van der Waals surface area contributed by atoms with Crippen LogP contribution in [0.3, 0.4) is 0 Å². The highest BCUT2D eigenvalue weighted by Gasteiger charge is 2.21. The number of carbonyl (C=O) groups is 1. The minimum Gasteiger partial charge on any atom is -0.497 e. The maximum atomic E-state index is 12.2. The largest absolute Gasteiger partial charge is 0.497 e. The molecule has 5 heteroatoms. The van der Waals surface area contributed by atoms with Crippen molar-refractivity contribution in [1.82, 2.24) is 5.32 Å². The number of nitrogens with one attached hydrogen (secondary N) is 1. The van der Waals surface area contributed by atoms with Crippen molar-refractivity contribution in [3.63, 3.8) is 0 Å². The molecular formula is C14H21N3O2. The number of methoxy groups -OCH3 is 1. The van der Waals surface area contributed by atoms with E-state index >= 15 is 0 Å². The van der Waals surface area contributed by atoms with Crippen LogP contribution < -0.4 is 21.5 Å². The third-order valence-electron chi connectivity index (χ3n) is 3.61. The van der Waals surface area contributed by atoms with Gasteiger partial charge in [0.1, 0.15) is 5.75 Å². The number of nitrogens with two attached hydrogens (primary N) is 2. The number of ether oxygens (including phenoxy) is 1. The maximum Gasteiger partial charge on any atom is 0.253 e. The number of hydrogen-bond acceptors (Lipinski definition) is 4. The van der Waals surface area contributed by atoms with Gasteiger partial charge < -0.3 is 21.5 Å². The standard InChI is InChI=1S/C14H21N3O2/c1-19-11-6-7-12(13(16)8-11)14(18)17-10-4-2-9(15)3-5-10/h6-10H,2-5,15-16H2,1H3,(H,17,18). The third-order valence-corrected chi connectivity index (χ3v) is 3.61. The number of amides is 1. The molecule has 0 heterocycles. The highest BCUT2D eigenvalue weighted by Crippen LogP contribution is 2.21. The van der Waals surface area contributed by atoms with Crippen LogP contribution >= 0.6 is 0 Å². The van der Waals surface area contributed by atoms with Crippen molar-refractivity contribution in [2.45, 2.75) is 37.8 Å². The van der Waals surface area contributed by atoms with E-state index in [2.05, 4.69) is 5.32 Å². The fraction of sp³-hybridized carbons (Fsp3) is 0.500. The van der Waals surface area contributed by atoms with E-state index in [-0.39, 0.29) is 18.0 Å². The van der Waals surface area contributed by atoms with Gasteiger partial charge in [-0.1, -0.05) is 0 Å². The zero-order valence-corrected chi connectivity index (χ0v) is 11.2. The lowest BCUT2D eigenvalue weighted by molar-refractivity contribution is 0.0927. The molecule has 5 N–H and O–H groups in total. The van der Waals surface area contributed by atoms with Crippen LogP contribution in [-0.4, -0.2) is 25.1 Å². The number of hydrogen-bond donors (Lipinski definition) is 3. The number of anilines is 1. The Morgan fingerprint density at radius 3 is 2.58 bits per heavy atom. The molecule has 1 fully saturated rings.